The van der Waals surface area contributed by atoms with Crippen LogP contribution in [0.1, 0.15) is 26.7 Å². The first-order chi connectivity index (χ1) is 8.61. The molecule has 0 saturated carbocycles. The lowest BCUT2D eigenvalue weighted by Gasteiger charge is -2.11. The Morgan fingerprint density at radius 2 is 2.00 bits per heavy atom. The van der Waals surface area contributed by atoms with Crippen LogP contribution < -0.4 is 10.1 Å². The van der Waals surface area contributed by atoms with Crippen LogP contribution in [0.3, 0.4) is 0 Å². The van der Waals surface area contributed by atoms with Crippen LogP contribution >= 0.6 is 15.9 Å². The number of amides is 1. The molecule has 1 unspecified atom stereocenters. The van der Waals surface area contributed by atoms with Gasteiger partial charge in [-0.1, -0.05) is 22.9 Å². The van der Waals surface area contributed by atoms with Crippen molar-refractivity contribution in [2.24, 2.45) is 5.92 Å². The SMILES string of the molecule is CC(=O)Nc1ccc(OCCC(C)CCBr)cc1. The van der Waals surface area contributed by atoms with E-state index in [9.17, 15) is 4.79 Å². The van der Waals surface area contributed by atoms with Gasteiger partial charge >= 0.3 is 0 Å². The number of carbonyl (C=O) groups excluding carboxylic acids is 1. The van der Waals surface area contributed by atoms with Crippen molar-refractivity contribution >= 4 is 27.5 Å². The number of carbonyl (C=O) groups is 1. The molecule has 0 radical (unpaired) electrons. The highest BCUT2D eigenvalue weighted by molar-refractivity contribution is 9.09. The molecule has 1 amide bonds. The van der Waals surface area contributed by atoms with Crippen molar-refractivity contribution in [2.45, 2.75) is 26.7 Å². The molecular weight excluding hydrogens is 294 g/mol. The van der Waals surface area contributed by atoms with Crippen molar-refractivity contribution < 1.29 is 9.53 Å². The first kappa shape index (κ1) is 15.0. The van der Waals surface area contributed by atoms with Gasteiger partial charge in [-0.3, -0.25) is 4.79 Å². The molecule has 1 aromatic rings. The average Bonchev–Trinajstić information content (AvgIpc) is 2.31. The van der Waals surface area contributed by atoms with E-state index >= 15 is 0 Å². The molecule has 3 nitrogen and oxygen atoms in total. The lowest BCUT2D eigenvalue weighted by atomic mass is 10.1. The third kappa shape index (κ3) is 6.05. The minimum Gasteiger partial charge on any atom is -0.494 e. The fourth-order valence-corrected chi connectivity index (χ4v) is 2.33. The summed E-state index contributed by atoms with van der Waals surface area (Å²) < 4.78 is 5.65. The van der Waals surface area contributed by atoms with E-state index in [0.29, 0.717) is 5.92 Å². The van der Waals surface area contributed by atoms with E-state index in [1.54, 1.807) is 0 Å². The molecule has 1 aromatic carbocycles. The molecule has 1 rings (SSSR count). The third-order valence-corrected chi connectivity index (χ3v) is 3.11. The molecule has 4 heteroatoms. The number of hydrogen-bond acceptors (Lipinski definition) is 2. The number of nitrogens with one attached hydrogen (secondary N) is 1. The summed E-state index contributed by atoms with van der Waals surface area (Å²) in [5, 5.41) is 3.76. The van der Waals surface area contributed by atoms with Crippen LogP contribution in [0.2, 0.25) is 0 Å². The molecule has 1 N–H and O–H groups in total. The van der Waals surface area contributed by atoms with Crippen molar-refractivity contribution in [1.29, 1.82) is 0 Å². The topological polar surface area (TPSA) is 38.3 Å². The number of halogens is 1. The fraction of sp³-hybridized carbons (Fsp3) is 0.500. The predicted molar refractivity (Wildman–Crippen MR) is 78.4 cm³/mol. The highest BCUT2D eigenvalue weighted by Gasteiger charge is 2.02. The van der Waals surface area contributed by atoms with Crippen LogP contribution in [0.5, 0.6) is 5.75 Å². The smallest absolute Gasteiger partial charge is 0.221 e. The number of benzene rings is 1. The van der Waals surface area contributed by atoms with Gasteiger partial charge in [-0.15, -0.1) is 0 Å². The van der Waals surface area contributed by atoms with E-state index in [0.717, 1.165) is 29.8 Å². The van der Waals surface area contributed by atoms with Gasteiger partial charge in [0.25, 0.3) is 0 Å². The highest BCUT2D eigenvalue weighted by Crippen LogP contribution is 2.17. The standard InChI is InChI=1S/C14H20BrNO2/c1-11(7-9-15)8-10-18-14-5-3-13(4-6-14)16-12(2)17/h3-6,11H,7-10H2,1-2H3,(H,16,17). The second-order valence-electron chi connectivity index (χ2n) is 4.43. The molecule has 0 aromatic heterocycles. The van der Waals surface area contributed by atoms with Gasteiger partial charge < -0.3 is 10.1 Å². The second-order valence-corrected chi connectivity index (χ2v) is 5.22. The average molecular weight is 314 g/mol. The van der Waals surface area contributed by atoms with Gasteiger partial charge in [0.05, 0.1) is 6.61 Å². The lowest BCUT2D eigenvalue weighted by Crippen LogP contribution is -2.06. The summed E-state index contributed by atoms with van der Waals surface area (Å²) in [4.78, 5) is 10.9. The number of anilines is 1. The molecule has 0 spiro atoms. The largest absolute Gasteiger partial charge is 0.494 e. The van der Waals surface area contributed by atoms with Crippen LogP contribution in [-0.4, -0.2) is 17.8 Å². The van der Waals surface area contributed by atoms with Gasteiger partial charge in [-0.05, 0) is 43.0 Å². The van der Waals surface area contributed by atoms with Gasteiger partial charge in [0.1, 0.15) is 5.75 Å². The maximum Gasteiger partial charge on any atom is 0.221 e. The van der Waals surface area contributed by atoms with Crippen molar-refractivity contribution in [1.82, 2.24) is 0 Å². The zero-order valence-electron chi connectivity index (χ0n) is 10.9. The number of ether oxygens (including phenoxy) is 1. The second kappa shape index (κ2) is 8.14. The summed E-state index contributed by atoms with van der Waals surface area (Å²) in [6.07, 6.45) is 2.23. The Morgan fingerprint density at radius 1 is 1.33 bits per heavy atom. The molecule has 0 fully saturated rings. The Labute approximate surface area is 117 Å². The van der Waals surface area contributed by atoms with E-state index in [1.807, 2.05) is 24.3 Å². The summed E-state index contributed by atoms with van der Waals surface area (Å²) in [6.45, 7) is 4.45. The number of hydrogen-bond donors (Lipinski definition) is 1. The van der Waals surface area contributed by atoms with Crippen LogP contribution in [0.4, 0.5) is 5.69 Å². The van der Waals surface area contributed by atoms with E-state index in [4.69, 9.17) is 4.74 Å². The summed E-state index contributed by atoms with van der Waals surface area (Å²) in [5.41, 5.74) is 0.794. The van der Waals surface area contributed by atoms with Crippen LogP contribution in [0.15, 0.2) is 24.3 Å². The van der Waals surface area contributed by atoms with Gasteiger partial charge in [0, 0.05) is 17.9 Å². The van der Waals surface area contributed by atoms with E-state index in [1.165, 1.54) is 13.3 Å². The van der Waals surface area contributed by atoms with Crippen molar-refractivity contribution in [3.05, 3.63) is 24.3 Å². The van der Waals surface area contributed by atoms with Gasteiger partial charge in [0.2, 0.25) is 5.91 Å². The third-order valence-electron chi connectivity index (χ3n) is 2.66. The summed E-state index contributed by atoms with van der Waals surface area (Å²) in [6, 6.07) is 7.44. The van der Waals surface area contributed by atoms with Crippen LogP contribution in [0.25, 0.3) is 0 Å². The molecule has 0 aliphatic heterocycles. The van der Waals surface area contributed by atoms with Crippen molar-refractivity contribution in [2.75, 3.05) is 17.3 Å². The maximum absolute atomic E-state index is 10.9. The summed E-state index contributed by atoms with van der Waals surface area (Å²) in [7, 11) is 0. The number of alkyl halides is 1. The Hall–Kier alpha value is -1.03. The minimum absolute atomic E-state index is 0.0627. The van der Waals surface area contributed by atoms with Gasteiger partial charge in [0.15, 0.2) is 0 Å². The monoisotopic (exact) mass is 313 g/mol. The number of rotatable bonds is 7. The zero-order chi connectivity index (χ0) is 13.4. The van der Waals surface area contributed by atoms with E-state index in [-0.39, 0.29) is 5.91 Å². The Morgan fingerprint density at radius 3 is 2.56 bits per heavy atom. The molecule has 18 heavy (non-hydrogen) atoms. The molecule has 100 valence electrons. The van der Waals surface area contributed by atoms with Gasteiger partial charge in [-0.2, -0.15) is 0 Å². The molecule has 0 aliphatic rings. The van der Waals surface area contributed by atoms with Crippen molar-refractivity contribution in [3.8, 4) is 5.75 Å². The molecule has 0 bridgehead atoms. The van der Waals surface area contributed by atoms with Crippen LogP contribution in [0, 0.1) is 5.92 Å². The summed E-state index contributed by atoms with van der Waals surface area (Å²) in [5.74, 6) is 1.45. The van der Waals surface area contributed by atoms with Crippen molar-refractivity contribution in [3.63, 3.8) is 0 Å². The Kier molecular flexibility index (Phi) is 6.80. The minimum atomic E-state index is -0.0627. The lowest BCUT2D eigenvalue weighted by molar-refractivity contribution is -0.114. The fourth-order valence-electron chi connectivity index (χ4n) is 1.55. The molecule has 0 saturated heterocycles. The summed E-state index contributed by atoms with van der Waals surface area (Å²) >= 11 is 3.44. The molecule has 1 atom stereocenters. The maximum atomic E-state index is 10.9. The molecule has 0 heterocycles. The van der Waals surface area contributed by atoms with Crippen LogP contribution in [-0.2, 0) is 4.79 Å². The van der Waals surface area contributed by atoms with E-state index in [2.05, 4.69) is 28.2 Å². The highest BCUT2D eigenvalue weighted by atomic mass is 79.9. The van der Waals surface area contributed by atoms with Gasteiger partial charge in [-0.25, -0.2) is 0 Å². The molecule has 0 aliphatic carbocycles. The first-order valence-electron chi connectivity index (χ1n) is 6.18. The zero-order valence-corrected chi connectivity index (χ0v) is 12.5. The quantitative estimate of drug-likeness (QED) is 0.777. The Balaban J connectivity index is 2.32. The first-order valence-corrected chi connectivity index (χ1v) is 7.30. The van der Waals surface area contributed by atoms with E-state index < -0.39 is 0 Å². The normalized spacial score (nSPS) is 11.9. The predicted octanol–water partition coefficient (Wildman–Crippen LogP) is 3.84. The molecular formula is C14H20BrNO2. The Bertz CT molecular complexity index is 365.